The lowest BCUT2D eigenvalue weighted by molar-refractivity contribution is 0.531. The van der Waals surface area contributed by atoms with E-state index < -0.39 is 0 Å². The van der Waals surface area contributed by atoms with Gasteiger partial charge in [-0.25, -0.2) is 0 Å². The summed E-state index contributed by atoms with van der Waals surface area (Å²) < 4.78 is 0. The smallest absolute Gasteiger partial charge is 0.00489 e. The highest BCUT2D eigenvalue weighted by Crippen LogP contribution is 2.11. The first-order valence-corrected chi connectivity index (χ1v) is 13.9. The fourth-order valence-corrected chi connectivity index (χ4v) is 4.05. The van der Waals surface area contributed by atoms with Crippen molar-refractivity contribution in [3.63, 3.8) is 0 Å². The average molecular weight is 420 g/mol. The quantitative estimate of drug-likeness (QED) is 0.109. The summed E-state index contributed by atoms with van der Waals surface area (Å²) >= 11 is 0. The molecule has 1 heteroatoms. The molecule has 0 saturated carbocycles. The van der Waals surface area contributed by atoms with Crippen LogP contribution in [-0.4, -0.2) is 13.1 Å². The zero-order valence-corrected chi connectivity index (χ0v) is 20.9. The second kappa shape index (κ2) is 28.4. The van der Waals surface area contributed by atoms with Crippen LogP contribution in [0.3, 0.4) is 0 Å². The molecule has 0 bridgehead atoms. The first-order valence-electron chi connectivity index (χ1n) is 13.9. The van der Waals surface area contributed by atoms with Crippen molar-refractivity contribution >= 4 is 0 Å². The van der Waals surface area contributed by atoms with Gasteiger partial charge >= 0.3 is 0 Å². The maximum absolute atomic E-state index is 3.78. The largest absolute Gasteiger partial charge is 0.317 e. The molecule has 0 aromatic heterocycles. The van der Waals surface area contributed by atoms with Crippen LogP contribution in [0.1, 0.15) is 148 Å². The molecule has 0 aliphatic carbocycles. The molecule has 0 heterocycles. The van der Waals surface area contributed by atoms with Gasteiger partial charge in [-0.15, -0.1) is 6.58 Å². The molecule has 0 aliphatic heterocycles. The second-order valence-corrected chi connectivity index (χ2v) is 9.24. The number of unbranched alkanes of at least 4 members (excludes halogenated alkanes) is 19. The Morgan fingerprint density at radius 3 is 1.27 bits per heavy atom. The molecule has 0 rings (SSSR count). The highest BCUT2D eigenvalue weighted by molar-refractivity contribution is 4.81. The van der Waals surface area contributed by atoms with E-state index in [1.165, 1.54) is 154 Å². The van der Waals surface area contributed by atoms with Crippen molar-refractivity contribution in [3.05, 3.63) is 24.8 Å². The molecular weight excluding hydrogens is 362 g/mol. The molecular formula is C29H57N. The summed E-state index contributed by atoms with van der Waals surface area (Å²) in [6.45, 7) is 8.52. The summed E-state index contributed by atoms with van der Waals surface area (Å²) in [5.74, 6) is 0. The standard InChI is InChI=1S/C29H57N/c1-3-5-7-9-11-13-14-15-16-17-18-19-20-21-23-25-27-29-30-28-26-24-22-12-10-8-6-4-2/h4,13-14,30H,2-3,5-12,15-29H2,1H3/b14-13+. The Bertz CT molecular complexity index is 333. The predicted molar refractivity (Wildman–Crippen MR) is 139 cm³/mol. The predicted octanol–water partition coefficient (Wildman–Crippen LogP) is 9.92. The number of nitrogens with one attached hydrogen (secondary N) is 1. The minimum atomic E-state index is 1.19. The van der Waals surface area contributed by atoms with Crippen molar-refractivity contribution in [1.29, 1.82) is 0 Å². The maximum atomic E-state index is 3.78. The summed E-state index contributed by atoms with van der Waals surface area (Å²) in [6, 6.07) is 0. The van der Waals surface area contributed by atoms with E-state index in [0.29, 0.717) is 0 Å². The molecule has 1 nitrogen and oxygen atoms in total. The van der Waals surface area contributed by atoms with Gasteiger partial charge in [0.25, 0.3) is 0 Å². The zero-order chi connectivity index (χ0) is 21.8. The van der Waals surface area contributed by atoms with E-state index in [2.05, 4.69) is 31.0 Å². The van der Waals surface area contributed by atoms with E-state index in [9.17, 15) is 0 Å². The molecule has 0 saturated heterocycles. The normalized spacial score (nSPS) is 11.5. The third-order valence-corrected chi connectivity index (χ3v) is 6.13. The van der Waals surface area contributed by atoms with Crippen LogP contribution in [0.5, 0.6) is 0 Å². The van der Waals surface area contributed by atoms with E-state index in [1.807, 2.05) is 6.08 Å². The van der Waals surface area contributed by atoms with Gasteiger partial charge in [0.15, 0.2) is 0 Å². The third-order valence-electron chi connectivity index (χ3n) is 6.13. The van der Waals surface area contributed by atoms with Crippen molar-refractivity contribution in [1.82, 2.24) is 5.32 Å². The van der Waals surface area contributed by atoms with Crippen molar-refractivity contribution in [2.45, 2.75) is 148 Å². The van der Waals surface area contributed by atoms with E-state index in [-0.39, 0.29) is 0 Å². The molecule has 30 heavy (non-hydrogen) atoms. The van der Waals surface area contributed by atoms with Gasteiger partial charge in [0.2, 0.25) is 0 Å². The van der Waals surface area contributed by atoms with Crippen LogP contribution in [-0.2, 0) is 0 Å². The van der Waals surface area contributed by atoms with Crippen LogP contribution in [0.4, 0.5) is 0 Å². The first-order chi connectivity index (χ1) is 14.9. The monoisotopic (exact) mass is 419 g/mol. The van der Waals surface area contributed by atoms with E-state index in [4.69, 9.17) is 0 Å². The first kappa shape index (κ1) is 29.4. The van der Waals surface area contributed by atoms with Gasteiger partial charge in [-0.2, -0.15) is 0 Å². The molecule has 1 N–H and O–H groups in total. The molecule has 0 atom stereocenters. The van der Waals surface area contributed by atoms with Crippen molar-refractivity contribution in [2.75, 3.05) is 13.1 Å². The van der Waals surface area contributed by atoms with Crippen molar-refractivity contribution in [2.24, 2.45) is 0 Å². The van der Waals surface area contributed by atoms with Gasteiger partial charge in [-0.05, 0) is 64.5 Å². The lowest BCUT2D eigenvalue weighted by Gasteiger charge is -2.05. The van der Waals surface area contributed by atoms with Crippen molar-refractivity contribution < 1.29 is 0 Å². The molecule has 0 radical (unpaired) electrons. The Hall–Kier alpha value is -0.560. The Morgan fingerprint density at radius 1 is 0.467 bits per heavy atom. The molecule has 0 fully saturated rings. The molecule has 0 aromatic rings. The highest BCUT2D eigenvalue weighted by atomic mass is 14.8. The van der Waals surface area contributed by atoms with Gasteiger partial charge < -0.3 is 5.32 Å². The molecule has 178 valence electrons. The summed E-state index contributed by atoms with van der Waals surface area (Å²) in [5, 5.41) is 3.63. The number of allylic oxidation sites excluding steroid dienone is 3. The Morgan fingerprint density at radius 2 is 0.833 bits per heavy atom. The topological polar surface area (TPSA) is 12.0 Å². The molecule has 0 spiro atoms. The molecule has 0 amide bonds. The second-order valence-electron chi connectivity index (χ2n) is 9.24. The highest BCUT2D eigenvalue weighted by Gasteiger charge is 1.94. The van der Waals surface area contributed by atoms with Gasteiger partial charge in [-0.3, -0.25) is 0 Å². The number of rotatable bonds is 26. The summed E-state index contributed by atoms with van der Waals surface area (Å²) in [4.78, 5) is 0. The SMILES string of the molecule is C=CCCCCCCCCNCCCCCCCCCCC/C=C/CCCCCC. The third kappa shape index (κ3) is 27.4. The Balaban J connectivity index is 3.03. The summed E-state index contributed by atoms with van der Waals surface area (Å²) in [5.41, 5.74) is 0. The van der Waals surface area contributed by atoms with Crippen LogP contribution < -0.4 is 5.32 Å². The summed E-state index contributed by atoms with van der Waals surface area (Å²) in [6.07, 6.45) is 37.4. The summed E-state index contributed by atoms with van der Waals surface area (Å²) in [7, 11) is 0. The lowest BCUT2D eigenvalue weighted by atomic mass is 10.1. The fourth-order valence-electron chi connectivity index (χ4n) is 4.05. The maximum Gasteiger partial charge on any atom is -0.00489 e. The van der Waals surface area contributed by atoms with E-state index in [0.717, 1.165) is 0 Å². The van der Waals surface area contributed by atoms with Gasteiger partial charge in [-0.1, -0.05) is 115 Å². The van der Waals surface area contributed by atoms with Crippen LogP contribution in [0.15, 0.2) is 24.8 Å². The molecule has 0 aromatic carbocycles. The van der Waals surface area contributed by atoms with E-state index >= 15 is 0 Å². The fraction of sp³-hybridized carbons (Fsp3) is 0.862. The lowest BCUT2D eigenvalue weighted by Crippen LogP contribution is -2.16. The number of hydrogen-bond acceptors (Lipinski definition) is 1. The van der Waals surface area contributed by atoms with Crippen LogP contribution >= 0.6 is 0 Å². The number of hydrogen-bond donors (Lipinski definition) is 1. The van der Waals surface area contributed by atoms with Gasteiger partial charge in [0.05, 0.1) is 0 Å². The van der Waals surface area contributed by atoms with Gasteiger partial charge in [0, 0.05) is 0 Å². The van der Waals surface area contributed by atoms with Gasteiger partial charge in [0.1, 0.15) is 0 Å². The molecule has 0 unspecified atom stereocenters. The van der Waals surface area contributed by atoms with E-state index in [1.54, 1.807) is 0 Å². The minimum absolute atomic E-state index is 1.19. The Kier molecular flexibility index (Phi) is 27.9. The van der Waals surface area contributed by atoms with Crippen LogP contribution in [0.25, 0.3) is 0 Å². The minimum Gasteiger partial charge on any atom is -0.317 e. The zero-order valence-electron chi connectivity index (χ0n) is 20.9. The molecule has 0 aliphatic rings. The van der Waals surface area contributed by atoms with Crippen LogP contribution in [0, 0.1) is 0 Å². The van der Waals surface area contributed by atoms with Crippen molar-refractivity contribution in [3.8, 4) is 0 Å². The van der Waals surface area contributed by atoms with Crippen LogP contribution in [0.2, 0.25) is 0 Å². The average Bonchev–Trinajstić information content (AvgIpc) is 2.76. The Labute approximate surface area is 191 Å².